The quantitative estimate of drug-likeness (QED) is 0.642. The minimum absolute atomic E-state index is 0.0846. The smallest absolute Gasteiger partial charge is 0.174 e. The van der Waals surface area contributed by atoms with E-state index in [-0.39, 0.29) is 41.7 Å². The van der Waals surface area contributed by atoms with Crippen LogP contribution in [-0.4, -0.2) is 67.2 Å². The molecule has 180 valence electrons. The van der Waals surface area contributed by atoms with Gasteiger partial charge in [-0.1, -0.05) is 26.2 Å². The van der Waals surface area contributed by atoms with E-state index in [0.29, 0.717) is 24.8 Å². The molecule has 6 nitrogen and oxygen atoms in total. The second kappa shape index (κ2) is 8.92. The molecule has 2 saturated heterocycles. The van der Waals surface area contributed by atoms with Gasteiger partial charge in [-0.15, -0.1) is 11.6 Å². The molecule has 0 aromatic rings. The van der Waals surface area contributed by atoms with Gasteiger partial charge in [0.2, 0.25) is 0 Å². The largest absolute Gasteiger partial charge is 0.380 e. The molecule has 1 spiro atoms. The Hall–Kier alpha value is -0.530. The van der Waals surface area contributed by atoms with Crippen molar-refractivity contribution in [2.45, 2.75) is 106 Å². The number of hydrogen-bond acceptors (Lipinski definition) is 6. The number of ether oxygens (including phenoxy) is 3. The molecule has 3 aliphatic carbocycles. The summed E-state index contributed by atoms with van der Waals surface area (Å²) < 4.78 is 18.2. The number of ketones is 2. The van der Waals surface area contributed by atoms with Crippen molar-refractivity contribution in [3.05, 3.63) is 0 Å². The van der Waals surface area contributed by atoms with E-state index in [1.807, 2.05) is 6.92 Å². The standard InChI is InChI=1S/C25H38ClNO5/c1-13-11-17(28)15-9-10-16(14-7-5-4-6-8-14)27-23(15)25(13)24(29)20-18(30-2)12-19(31-3)21(26)22(20)32-25/h13-16,18-23,27H,4-12H2,1-3H3/t13-,15?,16?,18?,19?,20?,21?,22?,23?,25+/m1/s1. The van der Waals surface area contributed by atoms with Crippen molar-refractivity contribution in [2.75, 3.05) is 14.2 Å². The summed E-state index contributed by atoms with van der Waals surface area (Å²) in [5, 5.41) is 3.43. The van der Waals surface area contributed by atoms with Crippen LogP contribution in [0.15, 0.2) is 0 Å². The van der Waals surface area contributed by atoms with Gasteiger partial charge in [-0.25, -0.2) is 0 Å². The SMILES string of the molecule is COC1CC(OC)C2C(=O)[C@@]3(OC2C1Cl)C1NC(C2CCCCC2)CCC1C(=O)C[C@H]3C. The average molecular weight is 468 g/mol. The predicted molar refractivity (Wildman–Crippen MR) is 121 cm³/mol. The van der Waals surface area contributed by atoms with E-state index in [9.17, 15) is 9.59 Å². The van der Waals surface area contributed by atoms with E-state index in [4.69, 9.17) is 25.8 Å². The molecule has 0 aromatic carbocycles. The Bertz CT molecular complexity index is 742. The fourth-order valence-electron chi connectivity index (χ4n) is 7.73. The highest BCUT2D eigenvalue weighted by molar-refractivity contribution is 6.22. The first-order chi connectivity index (χ1) is 15.4. The molecule has 3 saturated carbocycles. The molecule has 7 heteroatoms. The van der Waals surface area contributed by atoms with Crippen LogP contribution in [0.25, 0.3) is 0 Å². The molecule has 5 aliphatic rings. The molecule has 5 rings (SSSR count). The summed E-state index contributed by atoms with van der Waals surface area (Å²) in [7, 11) is 3.30. The van der Waals surface area contributed by atoms with Gasteiger partial charge in [-0.2, -0.15) is 0 Å². The van der Waals surface area contributed by atoms with E-state index in [1.54, 1.807) is 14.2 Å². The maximum atomic E-state index is 14.2. The van der Waals surface area contributed by atoms with Gasteiger partial charge >= 0.3 is 0 Å². The molecule has 2 aliphatic heterocycles. The van der Waals surface area contributed by atoms with Crippen molar-refractivity contribution < 1.29 is 23.8 Å². The first kappa shape index (κ1) is 23.2. The molecule has 5 fully saturated rings. The Morgan fingerprint density at radius 3 is 2.44 bits per heavy atom. The van der Waals surface area contributed by atoms with Crippen molar-refractivity contribution in [2.24, 2.45) is 23.7 Å². The van der Waals surface area contributed by atoms with Gasteiger partial charge in [-0.05, 0) is 31.6 Å². The summed E-state index contributed by atoms with van der Waals surface area (Å²) in [5.41, 5.74) is -1.02. The third kappa shape index (κ3) is 3.43. The van der Waals surface area contributed by atoms with Crippen molar-refractivity contribution in [3.63, 3.8) is 0 Å². The lowest BCUT2D eigenvalue weighted by Gasteiger charge is -2.52. The number of methoxy groups -OCH3 is 2. The Morgan fingerprint density at radius 1 is 1.03 bits per heavy atom. The topological polar surface area (TPSA) is 73.9 Å². The maximum absolute atomic E-state index is 14.2. The monoisotopic (exact) mass is 467 g/mol. The van der Waals surface area contributed by atoms with Crippen molar-refractivity contribution in [3.8, 4) is 0 Å². The molecular weight excluding hydrogens is 430 g/mol. The molecule has 32 heavy (non-hydrogen) atoms. The molecule has 0 bridgehead atoms. The highest BCUT2D eigenvalue weighted by Gasteiger charge is 2.69. The lowest BCUT2D eigenvalue weighted by Crippen LogP contribution is -2.70. The van der Waals surface area contributed by atoms with Crippen molar-refractivity contribution in [1.82, 2.24) is 5.32 Å². The summed E-state index contributed by atoms with van der Waals surface area (Å²) in [6, 6.07) is 0.0715. The lowest BCUT2D eigenvalue weighted by molar-refractivity contribution is -0.171. The fourth-order valence-corrected chi connectivity index (χ4v) is 8.14. The second-order valence-corrected chi connectivity index (χ2v) is 11.4. The first-order valence-electron chi connectivity index (χ1n) is 12.6. The minimum Gasteiger partial charge on any atom is -0.380 e. The van der Waals surface area contributed by atoms with E-state index in [2.05, 4.69) is 5.32 Å². The number of carbonyl (C=O) groups is 2. The molecular formula is C25H38ClNO5. The number of piperidine rings is 1. The highest BCUT2D eigenvalue weighted by atomic mass is 35.5. The normalized spacial score (nSPS) is 49.8. The molecule has 0 aromatic heterocycles. The Labute approximate surface area is 196 Å². The molecule has 2 heterocycles. The molecule has 0 radical (unpaired) electrons. The number of carbonyl (C=O) groups excluding carboxylic acids is 2. The fraction of sp³-hybridized carbons (Fsp3) is 0.920. The van der Waals surface area contributed by atoms with Crippen LogP contribution in [0.4, 0.5) is 0 Å². The van der Waals surface area contributed by atoms with Gasteiger partial charge in [0.15, 0.2) is 5.78 Å². The Kier molecular flexibility index (Phi) is 6.47. The summed E-state index contributed by atoms with van der Waals surface area (Å²) in [6.45, 7) is 2.01. The van der Waals surface area contributed by atoms with E-state index < -0.39 is 23.0 Å². The Balaban J connectivity index is 1.49. The third-order valence-corrected chi connectivity index (χ3v) is 9.96. The number of Topliss-reactive ketones (excluding diaryl/α,β-unsaturated/α-hetero) is 2. The average Bonchev–Trinajstić information content (AvgIpc) is 3.13. The van der Waals surface area contributed by atoms with Gasteiger partial charge in [-0.3, -0.25) is 9.59 Å². The molecule has 0 amide bonds. The summed E-state index contributed by atoms with van der Waals surface area (Å²) in [5.74, 6) is 0.216. The number of halogens is 1. The zero-order valence-corrected chi connectivity index (χ0v) is 20.3. The van der Waals surface area contributed by atoms with Gasteiger partial charge in [0.05, 0.1) is 35.6 Å². The zero-order valence-electron chi connectivity index (χ0n) is 19.6. The van der Waals surface area contributed by atoms with Gasteiger partial charge in [0.1, 0.15) is 11.4 Å². The molecule has 1 N–H and O–H groups in total. The minimum atomic E-state index is -1.02. The number of fused-ring (bicyclic) bond motifs is 3. The van der Waals surface area contributed by atoms with Crippen LogP contribution in [0, 0.1) is 23.7 Å². The van der Waals surface area contributed by atoms with E-state index in [1.165, 1.54) is 32.1 Å². The van der Waals surface area contributed by atoms with Crippen LogP contribution in [0.2, 0.25) is 0 Å². The van der Waals surface area contributed by atoms with Crippen LogP contribution >= 0.6 is 11.6 Å². The highest BCUT2D eigenvalue weighted by Crippen LogP contribution is 2.53. The first-order valence-corrected chi connectivity index (χ1v) is 13.1. The summed E-state index contributed by atoms with van der Waals surface area (Å²) >= 11 is 6.83. The van der Waals surface area contributed by atoms with Crippen LogP contribution < -0.4 is 5.32 Å². The maximum Gasteiger partial charge on any atom is 0.174 e. The molecule has 10 atom stereocenters. The number of hydrogen-bond donors (Lipinski definition) is 1. The van der Waals surface area contributed by atoms with Crippen LogP contribution in [0.3, 0.4) is 0 Å². The lowest BCUT2D eigenvalue weighted by atomic mass is 9.60. The number of rotatable bonds is 3. The van der Waals surface area contributed by atoms with Gasteiger partial charge in [0, 0.05) is 44.9 Å². The number of alkyl halides is 1. The van der Waals surface area contributed by atoms with Crippen LogP contribution in [-0.2, 0) is 23.8 Å². The Morgan fingerprint density at radius 2 is 1.75 bits per heavy atom. The summed E-state index contributed by atoms with van der Waals surface area (Å²) in [6.07, 6.45) is 8.18. The zero-order chi connectivity index (χ0) is 22.6. The predicted octanol–water partition coefficient (Wildman–Crippen LogP) is 3.28. The summed E-state index contributed by atoms with van der Waals surface area (Å²) in [4.78, 5) is 27.3. The van der Waals surface area contributed by atoms with Crippen molar-refractivity contribution in [1.29, 1.82) is 0 Å². The second-order valence-electron chi connectivity index (χ2n) is 10.9. The number of nitrogens with one attached hydrogen (secondary N) is 1. The van der Waals surface area contributed by atoms with Gasteiger partial charge in [0.25, 0.3) is 0 Å². The third-order valence-electron chi connectivity index (χ3n) is 9.43. The molecule has 8 unspecified atom stereocenters. The van der Waals surface area contributed by atoms with Crippen LogP contribution in [0.1, 0.15) is 64.7 Å². The van der Waals surface area contributed by atoms with Crippen molar-refractivity contribution >= 4 is 23.2 Å². The van der Waals surface area contributed by atoms with Gasteiger partial charge < -0.3 is 19.5 Å². The van der Waals surface area contributed by atoms with E-state index in [0.717, 1.165) is 12.8 Å². The van der Waals surface area contributed by atoms with E-state index >= 15 is 0 Å². The van der Waals surface area contributed by atoms with Crippen LogP contribution in [0.5, 0.6) is 0 Å².